The van der Waals surface area contributed by atoms with Crippen molar-refractivity contribution >= 4 is 5.91 Å². The number of aromatic nitrogens is 2. The molecule has 0 saturated carbocycles. The van der Waals surface area contributed by atoms with Gasteiger partial charge >= 0.3 is 0 Å². The maximum Gasteiger partial charge on any atom is 0.242 e. The third kappa shape index (κ3) is 2.39. The predicted octanol–water partition coefficient (Wildman–Crippen LogP) is 1.70. The van der Waals surface area contributed by atoms with Gasteiger partial charge in [0.2, 0.25) is 5.91 Å². The van der Waals surface area contributed by atoms with Gasteiger partial charge in [0, 0.05) is 6.20 Å². The second-order valence-electron chi connectivity index (χ2n) is 5.22. The minimum atomic E-state index is -0.0608. The van der Waals surface area contributed by atoms with Gasteiger partial charge in [-0.1, -0.05) is 12.1 Å². The first-order valence-corrected chi connectivity index (χ1v) is 6.72. The Labute approximate surface area is 117 Å². The average Bonchev–Trinajstić information content (AvgIpc) is 2.98. The Balaban J connectivity index is 1.68. The van der Waals surface area contributed by atoms with Crippen LogP contribution in [0.15, 0.2) is 30.6 Å². The van der Waals surface area contributed by atoms with Crippen LogP contribution in [0.5, 0.6) is 5.75 Å². The van der Waals surface area contributed by atoms with Crippen LogP contribution in [0.2, 0.25) is 0 Å². The molecule has 104 valence electrons. The van der Waals surface area contributed by atoms with Gasteiger partial charge in [-0.15, -0.1) is 0 Å². The summed E-state index contributed by atoms with van der Waals surface area (Å²) in [5, 5.41) is 16.9. The largest absolute Gasteiger partial charge is 0.508 e. The highest BCUT2D eigenvalue weighted by molar-refractivity contribution is 5.76. The zero-order valence-electron chi connectivity index (χ0n) is 11.3. The van der Waals surface area contributed by atoms with Gasteiger partial charge in [0.15, 0.2) is 0 Å². The molecule has 1 aromatic carbocycles. The summed E-state index contributed by atoms with van der Waals surface area (Å²) in [6, 6.07) is 5.46. The SMILES string of the molecule is Cc1cnn(CC(=O)NC2CCc3c(O)cccc32)c1. The molecule has 1 amide bonds. The highest BCUT2D eigenvalue weighted by Crippen LogP contribution is 2.36. The second-order valence-corrected chi connectivity index (χ2v) is 5.22. The van der Waals surface area contributed by atoms with Crippen LogP contribution in [0.1, 0.15) is 29.2 Å². The molecule has 1 aliphatic rings. The molecule has 20 heavy (non-hydrogen) atoms. The van der Waals surface area contributed by atoms with Crippen LogP contribution in [0.3, 0.4) is 0 Å². The van der Waals surface area contributed by atoms with E-state index in [1.54, 1.807) is 16.9 Å². The zero-order valence-corrected chi connectivity index (χ0v) is 11.3. The summed E-state index contributed by atoms with van der Waals surface area (Å²) >= 11 is 0. The lowest BCUT2D eigenvalue weighted by atomic mass is 10.1. The lowest BCUT2D eigenvalue weighted by Gasteiger charge is -2.14. The first-order chi connectivity index (χ1) is 9.63. The van der Waals surface area contributed by atoms with Crippen molar-refractivity contribution in [2.24, 2.45) is 0 Å². The molecule has 5 nitrogen and oxygen atoms in total. The average molecular weight is 271 g/mol. The minimum absolute atomic E-state index is 0.0127. The van der Waals surface area contributed by atoms with E-state index in [0.29, 0.717) is 5.75 Å². The summed E-state index contributed by atoms with van der Waals surface area (Å²) in [7, 11) is 0. The summed E-state index contributed by atoms with van der Waals surface area (Å²) < 4.78 is 1.63. The minimum Gasteiger partial charge on any atom is -0.508 e. The number of fused-ring (bicyclic) bond motifs is 1. The molecule has 0 saturated heterocycles. The summed E-state index contributed by atoms with van der Waals surface area (Å²) in [5.41, 5.74) is 3.01. The Morgan fingerprint density at radius 2 is 2.40 bits per heavy atom. The number of amides is 1. The maximum atomic E-state index is 12.0. The number of carbonyl (C=O) groups is 1. The molecule has 1 unspecified atom stereocenters. The molecular weight excluding hydrogens is 254 g/mol. The van der Waals surface area contributed by atoms with E-state index in [1.807, 2.05) is 25.3 Å². The van der Waals surface area contributed by atoms with Gasteiger partial charge < -0.3 is 10.4 Å². The fourth-order valence-electron chi connectivity index (χ4n) is 2.73. The number of aryl methyl sites for hydroxylation is 1. The van der Waals surface area contributed by atoms with E-state index in [0.717, 1.165) is 29.5 Å². The highest BCUT2D eigenvalue weighted by Gasteiger charge is 2.25. The monoisotopic (exact) mass is 271 g/mol. The van der Waals surface area contributed by atoms with Crippen LogP contribution >= 0.6 is 0 Å². The van der Waals surface area contributed by atoms with Crippen LogP contribution in [-0.4, -0.2) is 20.8 Å². The van der Waals surface area contributed by atoms with Crippen molar-refractivity contribution in [1.29, 1.82) is 0 Å². The number of aromatic hydroxyl groups is 1. The molecule has 0 aliphatic heterocycles. The first-order valence-electron chi connectivity index (χ1n) is 6.72. The number of benzene rings is 1. The number of rotatable bonds is 3. The lowest BCUT2D eigenvalue weighted by Crippen LogP contribution is -2.30. The van der Waals surface area contributed by atoms with Gasteiger partial charge in [-0.3, -0.25) is 9.48 Å². The van der Waals surface area contributed by atoms with Crippen molar-refractivity contribution in [3.8, 4) is 5.75 Å². The molecular formula is C15H17N3O2. The van der Waals surface area contributed by atoms with Crippen molar-refractivity contribution in [1.82, 2.24) is 15.1 Å². The fourth-order valence-corrected chi connectivity index (χ4v) is 2.73. The molecule has 1 aliphatic carbocycles. The summed E-state index contributed by atoms with van der Waals surface area (Å²) in [6.45, 7) is 2.16. The van der Waals surface area contributed by atoms with Crippen LogP contribution in [-0.2, 0) is 17.8 Å². The number of hydrogen-bond donors (Lipinski definition) is 2. The van der Waals surface area contributed by atoms with E-state index in [1.165, 1.54) is 0 Å². The predicted molar refractivity (Wildman–Crippen MR) is 74.3 cm³/mol. The van der Waals surface area contributed by atoms with Crippen LogP contribution < -0.4 is 5.32 Å². The highest BCUT2D eigenvalue weighted by atomic mass is 16.3. The van der Waals surface area contributed by atoms with Gasteiger partial charge in [-0.25, -0.2) is 0 Å². The molecule has 0 fully saturated rings. The van der Waals surface area contributed by atoms with Gasteiger partial charge in [-0.2, -0.15) is 5.10 Å². The Morgan fingerprint density at radius 3 is 3.15 bits per heavy atom. The third-order valence-electron chi connectivity index (χ3n) is 3.65. The number of phenolic OH excluding ortho intramolecular Hbond substituents is 1. The third-order valence-corrected chi connectivity index (χ3v) is 3.65. The fraction of sp³-hybridized carbons (Fsp3) is 0.333. The number of nitrogens with zero attached hydrogens (tertiary/aromatic N) is 2. The molecule has 2 N–H and O–H groups in total. The molecule has 2 aromatic rings. The zero-order chi connectivity index (χ0) is 14.1. The van der Waals surface area contributed by atoms with Crippen LogP contribution in [0, 0.1) is 6.92 Å². The maximum absolute atomic E-state index is 12.0. The Kier molecular flexibility index (Phi) is 3.18. The summed E-state index contributed by atoms with van der Waals surface area (Å²) in [6.07, 6.45) is 5.20. The van der Waals surface area contributed by atoms with E-state index in [9.17, 15) is 9.90 Å². The number of hydrogen-bond acceptors (Lipinski definition) is 3. The molecule has 0 radical (unpaired) electrons. The van der Waals surface area contributed by atoms with E-state index < -0.39 is 0 Å². The normalized spacial score (nSPS) is 16.9. The molecule has 1 atom stereocenters. The van der Waals surface area contributed by atoms with E-state index in [4.69, 9.17) is 0 Å². The van der Waals surface area contributed by atoms with E-state index in [-0.39, 0.29) is 18.5 Å². The number of nitrogens with one attached hydrogen (secondary N) is 1. The van der Waals surface area contributed by atoms with Crippen molar-refractivity contribution in [2.45, 2.75) is 32.4 Å². The molecule has 1 aromatic heterocycles. The summed E-state index contributed by atoms with van der Waals surface area (Å²) in [4.78, 5) is 12.0. The Hall–Kier alpha value is -2.30. The molecule has 1 heterocycles. The van der Waals surface area contributed by atoms with Crippen molar-refractivity contribution in [2.75, 3.05) is 0 Å². The Bertz CT molecular complexity index is 648. The smallest absolute Gasteiger partial charge is 0.242 e. The van der Waals surface area contributed by atoms with Crippen molar-refractivity contribution in [3.05, 3.63) is 47.3 Å². The van der Waals surface area contributed by atoms with E-state index >= 15 is 0 Å². The van der Waals surface area contributed by atoms with Gasteiger partial charge in [-0.05, 0) is 42.5 Å². The standard InChI is InChI=1S/C15H17N3O2/c1-10-7-16-18(8-10)9-15(20)17-13-6-5-12-11(13)3-2-4-14(12)19/h2-4,7-8,13,19H,5-6,9H2,1H3,(H,17,20). The summed E-state index contributed by atoms with van der Waals surface area (Å²) in [5.74, 6) is 0.260. The van der Waals surface area contributed by atoms with Crippen LogP contribution in [0.4, 0.5) is 0 Å². The van der Waals surface area contributed by atoms with Crippen LogP contribution in [0.25, 0.3) is 0 Å². The van der Waals surface area contributed by atoms with Gasteiger partial charge in [0.1, 0.15) is 12.3 Å². The first kappa shape index (κ1) is 12.7. The molecule has 0 spiro atoms. The van der Waals surface area contributed by atoms with Crippen molar-refractivity contribution in [3.63, 3.8) is 0 Å². The molecule has 3 rings (SSSR count). The van der Waals surface area contributed by atoms with E-state index in [2.05, 4.69) is 10.4 Å². The lowest BCUT2D eigenvalue weighted by molar-refractivity contribution is -0.122. The molecule has 5 heteroatoms. The topological polar surface area (TPSA) is 67.2 Å². The Morgan fingerprint density at radius 1 is 1.55 bits per heavy atom. The number of phenols is 1. The van der Waals surface area contributed by atoms with Crippen molar-refractivity contribution < 1.29 is 9.90 Å². The number of carbonyl (C=O) groups excluding carboxylic acids is 1. The second kappa shape index (κ2) is 5.00. The molecule has 0 bridgehead atoms. The van der Waals surface area contributed by atoms with Gasteiger partial charge in [0.05, 0.1) is 12.2 Å². The van der Waals surface area contributed by atoms with Gasteiger partial charge in [0.25, 0.3) is 0 Å². The quantitative estimate of drug-likeness (QED) is 0.893.